The molecule has 31 heavy (non-hydrogen) atoms. The fraction of sp³-hybridized carbons (Fsp3) is 0.316. The van der Waals surface area contributed by atoms with Crippen molar-refractivity contribution in [2.75, 3.05) is 37.2 Å². The van der Waals surface area contributed by atoms with Gasteiger partial charge in [-0.2, -0.15) is 4.68 Å². The van der Waals surface area contributed by atoms with Gasteiger partial charge in [0.15, 0.2) is 5.82 Å². The number of aromatic nitrogens is 3. The molecule has 1 saturated heterocycles. The van der Waals surface area contributed by atoms with Crippen molar-refractivity contribution < 1.29 is 13.2 Å². The maximum absolute atomic E-state index is 12.7. The summed E-state index contributed by atoms with van der Waals surface area (Å²) in [4.78, 5) is 21.0. The highest BCUT2D eigenvalue weighted by Crippen LogP contribution is 2.30. The monoisotopic (exact) mass is 480 g/mol. The van der Waals surface area contributed by atoms with Crippen molar-refractivity contribution in [3.63, 3.8) is 0 Å². The van der Waals surface area contributed by atoms with Crippen LogP contribution in [-0.2, 0) is 16.6 Å². The third-order valence-electron chi connectivity index (χ3n) is 4.82. The molecule has 4 rings (SSSR count). The van der Waals surface area contributed by atoms with Crippen molar-refractivity contribution in [3.05, 3.63) is 52.6 Å². The Morgan fingerprint density at radius 1 is 1.23 bits per heavy atom. The normalized spacial score (nSPS) is 15.2. The molecule has 1 fully saturated rings. The molecule has 12 heteroatoms. The van der Waals surface area contributed by atoms with Crippen LogP contribution in [0.4, 0.5) is 10.6 Å². The van der Waals surface area contributed by atoms with Crippen molar-refractivity contribution in [3.8, 4) is 10.6 Å². The Morgan fingerprint density at radius 2 is 2.00 bits per heavy atom. The van der Waals surface area contributed by atoms with Crippen molar-refractivity contribution in [2.24, 2.45) is 0 Å². The van der Waals surface area contributed by atoms with Crippen molar-refractivity contribution in [1.82, 2.24) is 24.6 Å². The molecule has 1 amide bonds. The van der Waals surface area contributed by atoms with Crippen LogP contribution in [0.5, 0.6) is 0 Å². The molecule has 1 N–H and O–H groups in total. The Balaban J connectivity index is 1.35. The van der Waals surface area contributed by atoms with E-state index in [1.54, 1.807) is 22.4 Å². The molecule has 0 aliphatic carbocycles. The number of piperazine rings is 1. The van der Waals surface area contributed by atoms with E-state index in [4.69, 9.17) is 11.6 Å². The molecular formula is C19H21ClN6O3S2. The van der Waals surface area contributed by atoms with E-state index in [0.29, 0.717) is 18.1 Å². The summed E-state index contributed by atoms with van der Waals surface area (Å²) >= 11 is 7.89. The Labute approximate surface area is 189 Å². The number of rotatable bonds is 5. The first kappa shape index (κ1) is 21.8. The zero-order chi connectivity index (χ0) is 22.0. The third-order valence-corrected chi connectivity index (χ3v) is 6.53. The van der Waals surface area contributed by atoms with Crippen LogP contribution in [0.2, 0.25) is 5.02 Å². The lowest BCUT2D eigenvalue weighted by Gasteiger charge is -2.34. The maximum Gasteiger partial charge on any atom is 0.344 e. The van der Waals surface area contributed by atoms with E-state index in [1.165, 1.54) is 12.3 Å². The molecule has 164 valence electrons. The molecule has 0 saturated carbocycles. The molecule has 1 aromatic carbocycles. The lowest BCUT2D eigenvalue weighted by Crippen LogP contribution is -2.49. The van der Waals surface area contributed by atoms with E-state index < -0.39 is 10.0 Å². The van der Waals surface area contributed by atoms with Crippen LogP contribution in [0.3, 0.4) is 0 Å². The van der Waals surface area contributed by atoms with E-state index in [2.05, 4.69) is 25.8 Å². The average Bonchev–Trinajstić information content (AvgIpc) is 3.40. The van der Waals surface area contributed by atoms with Gasteiger partial charge >= 0.3 is 6.03 Å². The number of amides is 1. The van der Waals surface area contributed by atoms with Gasteiger partial charge < -0.3 is 4.90 Å². The summed E-state index contributed by atoms with van der Waals surface area (Å²) in [6, 6.07) is 7.15. The highest BCUT2D eigenvalue weighted by Gasteiger charge is 2.23. The van der Waals surface area contributed by atoms with E-state index in [0.717, 1.165) is 46.7 Å². The van der Waals surface area contributed by atoms with E-state index in [-0.39, 0.29) is 11.8 Å². The molecule has 1 aliphatic rings. The Kier molecular flexibility index (Phi) is 6.28. The minimum absolute atomic E-state index is 0.119. The third kappa shape index (κ3) is 5.42. The number of sulfonamides is 1. The van der Waals surface area contributed by atoms with Gasteiger partial charge in [0, 0.05) is 62.1 Å². The molecule has 9 nitrogen and oxygen atoms in total. The quantitative estimate of drug-likeness (QED) is 0.602. The Bertz CT molecular complexity index is 1170. The van der Waals surface area contributed by atoms with E-state index >= 15 is 0 Å². The number of carbonyl (C=O) groups excluding carboxylic acids is 1. The molecule has 1 aliphatic heterocycles. The highest BCUT2D eigenvalue weighted by molar-refractivity contribution is 7.92. The van der Waals surface area contributed by atoms with Gasteiger partial charge in [-0.25, -0.2) is 18.2 Å². The summed E-state index contributed by atoms with van der Waals surface area (Å²) in [6.07, 6.45) is 4.25. The van der Waals surface area contributed by atoms with Crippen LogP contribution in [0.25, 0.3) is 10.6 Å². The number of hydrogen-bond acceptors (Lipinski definition) is 7. The molecule has 0 unspecified atom stereocenters. The number of anilines is 1. The van der Waals surface area contributed by atoms with Gasteiger partial charge in [0.1, 0.15) is 5.01 Å². The van der Waals surface area contributed by atoms with Gasteiger partial charge in [-0.05, 0) is 17.7 Å². The summed E-state index contributed by atoms with van der Waals surface area (Å²) < 4.78 is 26.0. The lowest BCUT2D eigenvalue weighted by molar-refractivity contribution is 0.134. The van der Waals surface area contributed by atoms with Gasteiger partial charge in [0.05, 0.1) is 11.3 Å². The van der Waals surface area contributed by atoms with Gasteiger partial charge in [0.2, 0.25) is 10.0 Å². The summed E-state index contributed by atoms with van der Waals surface area (Å²) in [5.74, 6) is 0.119. The summed E-state index contributed by atoms with van der Waals surface area (Å²) in [7, 11) is -3.44. The summed E-state index contributed by atoms with van der Waals surface area (Å²) in [5, 5.41) is 7.50. The molecule has 3 heterocycles. The van der Waals surface area contributed by atoms with Crippen LogP contribution in [0.1, 0.15) is 5.56 Å². The molecule has 0 atom stereocenters. The highest BCUT2D eigenvalue weighted by atomic mass is 35.5. The van der Waals surface area contributed by atoms with Gasteiger partial charge in [-0.1, -0.05) is 17.7 Å². The van der Waals surface area contributed by atoms with Crippen molar-refractivity contribution >= 4 is 44.8 Å². The largest absolute Gasteiger partial charge is 0.344 e. The molecule has 2 aromatic heterocycles. The molecule has 3 aromatic rings. The summed E-state index contributed by atoms with van der Waals surface area (Å²) in [6.45, 7) is 3.30. The predicted octanol–water partition coefficient (Wildman–Crippen LogP) is 2.82. The second-order valence-corrected chi connectivity index (χ2v) is 10.3. The number of halogens is 1. The van der Waals surface area contributed by atoms with Gasteiger partial charge in [-0.15, -0.1) is 16.4 Å². The second kappa shape index (κ2) is 8.95. The van der Waals surface area contributed by atoms with Gasteiger partial charge in [0.25, 0.3) is 0 Å². The first-order valence-electron chi connectivity index (χ1n) is 9.52. The number of thiazole rings is 1. The first-order chi connectivity index (χ1) is 14.8. The van der Waals surface area contributed by atoms with Crippen LogP contribution in [0.15, 0.2) is 42.0 Å². The average molecular weight is 481 g/mol. The standard InChI is InChI=1S/C19H21ClN6O3S2/c1-31(28,29)23-17-4-6-26(22-17)19(27)25-9-7-24(8-10-25)13-14-2-3-16(20)15(12-14)18-21-5-11-30-18/h2-6,11-12H,7-10,13H2,1H3,(H,22,23). The zero-order valence-electron chi connectivity index (χ0n) is 16.7. The zero-order valence-corrected chi connectivity index (χ0v) is 19.1. The minimum atomic E-state index is -3.44. The van der Waals surface area contributed by atoms with E-state index in [9.17, 15) is 13.2 Å². The number of carbonyl (C=O) groups is 1. The summed E-state index contributed by atoms with van der Waals surface area (Å²) in [5.41, 5.74) is 2.07. The Morgan fingerprint density at radius 3 is 2.68 bits per heavy atom. The molecule has 0 bridgehead atoms. The topological polar surface area (TPSA) is 100 Å². The second-order valence-electron chi connectivity index (χ2n) is 7.22. The molecule has 0 spiro atoms. The number of hydrogen-bond donors (Lipinski definition) is 1. The molecule has 0 radical (unpaired) electrons. The number of nitrogens with zero attached hydrogens (tertiary/aromatic N) is 5. The first-order valence-corrected chi connectivity index (χ1v) is 12.7. The lowest BCUT2D eigenvalue weighted by atomic mass is 10.1. The van der Waals surface area contributed by atoms with Crippen molar-refractivity contribution in [1.29, 1.82) is 0 Å². The van der Waals surface area contributed by atoms with Crippen LogP contribution < -0.4 is 4.72 Å². The SMILES string of the molecule is CS(=O)(=O)Nc1ccn(C(=O)N2CCN(Cc3ccc(Cl)c(-c4nccs4)c3)CC2)n1. The van der Waals surface area contributed by atoms with Crippen LogP contribution >= 0.6 is 22.9 Å². The maximum atomic E-state index is 12.7. The smallest absolute Gasteiger partial charge is 0.320 e. The fourth-order valence-electron chi connectivity index (χ4n) is 3.37. The van der Waals surface area contributed by atoms with Gasteiger partial charge in [-0.3, -0.25) is 9.62 Å². The minimum Gasteiger partial charge on any atom is -0.320 e. The number of nitrogens with one attached hydrogen (secondary N) is 1. The van der Waals surface area contributed by atoms with Crippen LogP contribution in [0, 0.1) is 0 Å². The number of benzene rings is 1. The fourth-order valence-corrected chi connectivity index (χ4v) is 4.79. The molecular weight excluding hydrogens is 460 g/mol. The van der Waals surface area contributed by atoms with Crippen LogP contribution in [-0.4, -0.2) is 71.4 Å². The predicted molar refractivity (Wildman–Crippen MR) is 121 cm³/mol. The Hall–Kier alpha value is -2.47. The van der Waals surface area contributed by atoms with Crippen molar-refractivity contribution in [2.45, 2.75) is 6.54 Å². The van der Waals surface area contributed by atoms with E-state index in [1.807, 2.05) is 17.5 Å².